The maximum atomic E-state index is 11.6. The second-order valence-corrected chi connectivity index (χ2v) is 4.53. The number of carbonyl (C=O) groups is 2. The Bertz CT molecular complexity index is 256. The van der Waals surface area contributed by atoms with E-state index in [1.54, 1.807) is 18.9 Å². The van der Waals surface area contributed by atoms with Crippen LogP contribution in [0.5, 0.6) is 0 Å². The molecule has 1 unspecified atom stereocenters. The highest BCUT2D eigenvalue weighted by Gasteiger charge is 2.13. The summed E-state index contributed by atoms with van der Waals surface area (Å²) in [5.74, 6) is -0.909. The number of rotatable bonds is 7. The van der Waals surface area contributed by atoms with Gasteiger partial charge in [-0.05, 0) is 34.0 Å². The van der Waals surface area contributed by atoms with Gasteiger partial charge in [-0.1, -0.05) is 0 Å². The summed E-state index contributed by atoms with van der Waals surface area (Å²) in [5, 5.41) is 11.2. The van der Waals surface area contributed by atoms with Gasteiger partial charge in [-0.25, -0.2) is 4.79 Å². The summed E-state index contributed by atoms with van der Waals surface area (Å²) in [6, 6.07) is -0.575. The van der Waals surface area contributed by atoms with E-state index >= 15 is 0 Å². The third-order valence-electron chi connectivity index (χ3n) is 2.30. The van der Waals surface area contributed by atoms with Crippen LogP contribution < -0.4 is 5.32 Å². The first-order valence-electron chi connectivity index (χ1n) is 5.71. The number of carbonyl (C=O) groups excluding carboxylic acids is 1. The number of hydrogen-bond acceptors (Lipinski definition) is 3. The molecule has 0 saturated carbocycles. The fourth-order valence-corrected chi connectivity index (χ4v) is 1.36. The van der Waals surface area contributed by atoms with Crippen LogP contribution >= 0.6 is 0 Å². The van der Waals surface area contributed by atoms with Gasteiger partial charge in [-0.3, -0.25) is 4.79 Å². The van der Waals surface area contributed by atoms with Gasteiger partial charge in [0.25, 0.3) is 0 Å². The van der Waals surface area contributed by atoms with E-state index < -0.39 is 5.97 Å². The zero-order valence-corrected chi connectivity index (χ0v) is 11.1. The highest BCUT2D eigenvalue weighted by atomic mass is 16.4. The van der Waals surface area contributed by atoms with Gasteiger partial charge in [0.2, 0.25) is 0 Å². The highest BCUT2D eigenvalue weighted by molar-refractivity contribution is 5.75. The molecule has 0 radical (unpaired) electrons. The number of carboxylic acids is 1. The van der Waals surface area contributed by atoms with Gasteiger partial charge < -0.3 is 20.2 Å². The van der Waals surface area contributed by atoms with Crippen molar-refractivity contribution in [2.24, 2.45) is 0 Å². The van der Waals surface area contributed by atoms with Gasteiger partial charge in [-0.15, -0.1) is 0 Å². The summed E-state index contributed by atoms with van der Waals surface area (Å²) >= 11 is 0. The lowest BCUT2D eigenvalue weighted by atomic mass is 10.2. The number of urea groups is 1. The van der Waals surface area contributed by atoms with Crippen LogP contribution in [0.3, 0.4) is 0 Å². The second-order valence-electron chi connectivity index (χ2n) is 4.53. The molecule has 0 aromatic heterocycles. The van der Waals surface area contributed by atoms with Gasteiger partial charge in [0.15, 0.2) is 0 Å². The lowest BCUT2D eigenvalue weighted by Gasteiger charge is -2.21. The maximum absolute atomic E-state index is 11.6. The van der Waals surface area contributed by atoms with Crippen molar-refractivity contribution in [1.29, 1.82) is 0 Å². The molecule has 6 nitrogen and oxygen atoms in total. The first-order chi connectivity index (χ1) is 7.82. The van der Waals surface area contributed by atoms with Gasteiger partial charge >= 0.3 is 12.0 Å². The Morgan fingerprint density at radius 3 is 2.29 bits per heavy atom. The largest absolute Gasteiger partial charge is 0.481 e. The maximum Gasteiger partial charge on any atom is 0.317 e. The first-order valence-corrected chi connectivity index (χ1v) is 5.71. The van der Waals surface area contributed by atoms with Crippen molar-refractivity contribution in [3.63, 3.8) is 0 Å². The number of nitrogens with one attached hydrogen (secondary N) is 1. The summed E-state index contributed by atoms with van der Waals surface area (Å²) in [4.78, 5) is 25.7. The van der Waals surface area contributed by atoms with E-state index in [9.17, 15) is 9.59 Å². The Labute approximate surface area is 103 Å². The quantitative estimate of drug-likeness (QED) is 0.683. The molecule has 0 aliphatic rings. The van der Waals surface area contributed by atoms with Crippen molar-refractivity contribution in [2.75, 3.05) is 34.2 Å². The lowest BCUT2D eigenvalue weighted by Crippen LogP contribution is -2.43. The molecule has 2 amide bonds. The number of hydrogen-bond donors (Lipinski definition) is 2. The molecular formula is C11H23N3O3. The third-order valence-corrected chi connectivity index (χ3v) is 2.30. The van der Waals surface area contributed by atoms with Crippen LogP contribution in [0.25, 0.3) is 0 Å². The molecule has 1 atom stereocenters. The van der Waals surface area contributed by atoms with Crippen LogP contribution in [0.4, 0.5) is 4.79 Å². The molecule has 0 aromatic rings. The Morgan fingerprint density at radius 1 is 1.24 bits per heavy atom. The Balaban J connectivity index is 3.84. The molecule has 0 spiro atoms. The predicted octanol–water partition coefficient (Wildman–Crippen LogP) is 0.443. The molecule has 2 N–H and O–H groups in total. The average molecular weight is 245 g/mol. The van der Waals surface area contributed by atoms with Crippen LogP contribution in [0, 0.1) is 0 Å². The fourth-order valence-electron chi connectivity index (χ4n) is 1.36. The van der Waals surface area contributed by atoms with Crippen LogP contribution in [0.15, 0.2) is 0 Å². The first kappa shape index (κ1) is 15.7. The topological polar surface area (TPSA) is 72.9 Å². The molecule has 0 aliphatic heterocycles. The van der Waals surface area contributed by atoms with Crippen molar-refractivity contribution in [3.8, 4) is 0 Å². The van der Waals surface area contributed by atoms with Crippen molar-refractivity contribution in [2.45, 2.75) is 25.8 Å². The Hall–Kier alpha value is -1.30. The zero-order chi connectivity index (χ0) is 13.4. The molecule has 0 saturated heterocycles. The van der Waals surface area contributed by atoms with Gasteiger partial charge in [0.05, 0.1) is 6.42 Å². The van der Waals surface area contributed by atoms with Crippen LogP contribution in [-0.4, -0.2) is 67.2 Å². The SMILES string of the molecule is CC(CC(=O)O)NC(=O)N(C)CCCN(C)C. The highest BCUT2D eigenvalue weighted by Crippen LogP contribution is 1.95. The molecule has 17 heavy (non-hydrogen) atoms. The molecule has 0 aromatic carbocycles. The minimum Gasteiger partial charge on any atom is -0.481 e. The number of carboxylic acid groups (broad SMARTS) is 1. The molecule has 0 bridgehead atoms. The second kappa shape index (κ2) is 7.89. The number of nitrogens with zero attached hydrogens (tertiary/aromatic N) is 2. The van der Waals surface area contributed by atoms with Gasteiger partial charge in [-0.2, -0.15) is 0 Å². The molecule has 0 aliphatic carbocycles. The van der Waals surface area contributed by atoms with Crippen molar-refractivity contribution in [3.05, 3.63) is 0 Å². The Morgan fingerprint density at radius 2 is 1.82 bits per heavy atom. The molecule has 0 heterocycles. The monoisotopic (exact) mass is 245 g/mol. The van der Waals surface area contributed by atoms with Gasteiger partial charge in [0, 0.05) is 19.6 Å². The third kappa shape index (κ3) is 8.50. The standard InChI is InChI=1S/C11H23N3O3/c1-9(8-10(15)16)12-11(17)14(4)7-5-6-13(2)3/h9H,5-8H2,1-4H3,(H,12,17)(H,15,16). The van der Waals surface area contributed by atoms with Crippen molar-refractivity contribution in [1.82, 2.24) is 15.1 Å². The number of aliphatic carboxylic acids is 1. The Kier molecular flexibility index (Phi) is 7.29. The van der Waals surface area contributed by atoms with Crippen molar-refractivity contribution < 1.29 is 14.7 Å². The lowest BCUT2D eigenvalue weighted by molar-refractivity contribution is -0.137. The summed E-state index contributed by atoms with van der Waals surface area (Å²) in [5.41, 5.74) is 0. The summed E-state index contributed by atoms with van der Waals surface area (Å²) in [7, 11) is 5.67. The van der Waals surface area contributed by atoms with Crippen LogP contribution in [0.2, 0.25) is 0 Å². The normalized spacial score (nSPS) is 12.3. The average Bonchev–Trinajstić information content (AvgIpc) is 2.15. The summed E-state index contributed by atoms with van der Waals surface area (Å²) in [6.07, 6.45) is 0.835. The number of amides is 2. The van der Waals surface area contributed by atoms with E-state index in [-0.39, 0.29) is 18.5 Å². The van der Waals surface area contributed by atoms with E-state index in [0.29, 0.717) is 6.54 Å². The van der Waals surface area contributed by atoms with E-state index in [1.807, 2.05) is 14.1 Å². The zero-order valence-electron chi connectivity index (χ0n) is 11.1. The molecule has 0 fully saturated rings. The predicted molar refractivity (Wildman–Crippen MR) is 66.0 cm³/mol. The van der Waals surface area contributed by atoms with Crippen LogP contribution in [0.1, 0.15) is 19.8 Å². The van der Waals surface area contributed by atoms with E-state index in [0.717, 1.165) is 13.0 Å². The molecule has 100 valence electrons. The summed E-state index contributed by atoms with van der Waals surface area (Å²) < 4.78 is 0. The molecular weight excluding hydrogens is 222 g/mol. The molecule has 6 heteroatoms. The smallest absolute Gasteiger partial charge is 0.317 e. The van der Waals surface area contributed by atoms with Gasteiger partial charge in [0.1, 0.15) is 0 Å². The fraction of sp³-hybridized carbons (Fsp3) is 0.818. The van der Waals surface area contributed by atoms with Crippen LogP contribution in [-0.2, 0) is 4.79 Å². The van der Waals surface area contributed by atoms with E-state index in [2.05, 4.69) is 10.2 Å². The van der Waals surface area contributed by atoms with Crippen molar-refractivity contribution >= 4 is 12.0 Å². The van der Waals surface area contributed by atoms with E-state index in [4.69, 9.17) is 5.11 Å². The minimum atomic E-state index is -0.909. The molecule has 0 rings (SSSR count). The van der Waals surface area contributed by atoms with E-state index in [1.165, 1.54) is 0 Å². The minimum absolute atomic E-state index is 0.0583. The summed E-state index contributed by atoms with van der Waals surface area (Å²) in [6.45, 7) is 3.26.